The van der Waals surface area contributed by atoms with Crippen molar-refractivity contribution in [3.63, 3.8) is 0 Å². The number of benzene rings is 1. The summed E-state index contributed by atoms with van der Waals surface area (Å²) in [5, 5.41) is 3.29. The van der Waals surface area contributed by atoms with Gasteiger partial charge >= 0.3 is 6.18 Å². The fraction of sp³-hybridized carbons (Fsp3) is 0.312. The quantitative estimate of drug-likeness (QED) is 0.894. The molecule has 1 atom stereocenters. The van der Waals surface area contributed by atoms with Gasteiger partial charge < -0.3 is 5.32 Å². The normalized spacial score (nSPS) is 13.1. The molecule has 112 valence electrons. The van der Waals surface area contributed by atoms with Gasteiger partial charge in [0, 0.05) is 12.4 Å². The van der Waals surface area contributed by atoms with Crippen LogP contribution in [0.5, 0.6) is 0 Å². The monoisotopic (exact) mass is 294 g/mol. The number of hydrogen-bond acceptors (Lipinski definition) is 2. The molecule has 0 aliphatic rings. The molecule has 1 aromatic carbocycles. The highest BCUT2D eigenvalue weighted by molar-refractivity contribution is 5.34. The second-order valence-electron chi connectivity index (χ2n) is 4.79. The van der Waals surface area contributed by atoms with E-state index < -0.39 is 11.7 Å². The second-order valence-corrected chi connectivity index (χ2v) is 4.79. The SMILES string of the molecule is CCCNC(c1ccncc1)c1cccc(C(F)(F)F)c1. The van der Waals surface area contributed by atoms with Crippen LogP contribution in [0.2, 0.25) is 0 Å². The minimum absolute atomic E-state index is 0.268. The van der Waals surface area contributed by atoms with Crippen LogP contribution >= 0.6 is 0 Å². The van der Waals surface area contributed by atoms with Crippen LogP contribution in [0, 0.1) is 0 Å². The fourth-order valence-corrected chi connectivity index (χ4v) is 2.17. The molecule has 21 heavy (non-hydrogen) atoms. The average molecular weight is 294 g/mol. The maximum atomic E-state index is 12.9. The number of nitrogens with one attached hydrogen (secondary N) is 1. The molecule has 0 amide bonds. The number of nitrogens with zero attached hydrogens (tertiary/aromatic N) is 1. The first-order chi connectivity index (χ1) is 10.0. The van der Waals surface area contributed by atoms with Crippen molar-refractivity contribution in [3.8, 4) is 0 Å². The first-order valence-corrected chi connectivity index (χ1v) is 6.83. The molecule has 0 saturated carbocycles. The van der Waals surface area contributed by atoms with Crippen LogP contribution in [-0.4, -0.2) is 11.5 Å². The van der Waals surface area contributed by atoms with Gasteiger partial charge in [-0.2, -0.15) is 13.2 Å². The highest BCUT2D eigenvalue weighted by atomic mass is 19.4. The van der Waals surface area contributed by atoms with E-state index in [9.17, 15) is 13.2 Å². The van der Waals surface area contributed by atoms with Gasteiger partial charge in [0.1, 0.15) is 0 Å². The molecule has 2 rings (SSSR count). The van der Waals surface area contributed by atoms with E-state index in [0.717, 1.165) is 24.6 Å². The van der Waals surface area contributed by atoms with Crippen LogP contribution in [-0.2, 0) is 6.18 Å². The number of hydrogen-bond donors (Lipinski definition) is 1. The van der Waals surface area contributed by atoms with E-state index in [-0.39, 0.29) is 6.04 Å². The zero-order valence-corrected chi connectivity index (χ0v) is 11.7. The summed E-state index contributed by atoms with van der Waals surface area (Å²) in [4.78, 5) is 3.95. The van der Waals surface area contributed by atoms with Gasteiger partial charge in [-0.1, -0.05) is 19.1 Å². The molecule has 1 heterocycles. The third-order valence-corrected chi connectivity index (χ3v) is 3.19. The van der Waals surface area contributed by atoms with Crippen molar-refractivity contribution >= 4 is 0 Å². The highest BCUT2D eigenvalue weighted by Crippen LogP contribution is 2.32. The molecule has 2 aromatic rings. The Balaban J connectivity index is 2.37. The Bertz CT molecular complexity index is 567. The van der Waals surface area contributed by atoms with E-state index in [0.29, 0.717) is 5.56 Å². The van der Waals surface area contributed by atoms with Gasteiger partial charge in [-0.3, -0.25) is 4.98 Å². The van der Waals surface area contributed by atoms with E-state index in [1.54, 1.807) is 18.5 Å². The zero-order chi connectivity index (χ0) is 15.3. The van der Waals surface area contributed by atoms with Crippen LogP contribution < -0.4 is 5.32 Å². The first-order valence-electron chi connectivity index (χ1n) is 6.83. The maximum absolute atomic E-state index is 12.9. The standard InChI is InChI=1S/C16H17F3N2/c1-2-8-21-15(12-6-9-20-10-7-12)13-4-3-5-14(11-13)16(17,18)19/h3-7,9-11,15,21H,2,8H2,1H3. The van der Waals surface area contributed by atoms with E-state index in [1.165, 1.54) is 12.1 Å². The molecule has 2 nitrogen and oxygen atoms in total. The third kappa shape index (κ3) is 4.04. The lowest BCUT2D eigenvalue weighted by molar-refractivity contribution is -0.137. The van der Waals surface area contributed by atoms with E-state index in [4.69, 9.17) is 0 Å². The van der Waals surface area contributed by atoms with Gasteiger partial charge in [-0.15, -0.1) is 0 Å². The number of halogens is 3. The Hall–Kier alpha value is -1.88. The summed E-state index contributed by atoms with van der Waals surface area (Å²) in [6.45, 7) is 2.74. The van der Waals surface area contributed by atoms with Crippen molar-refractivity contribution in [1.82, 2.24) is 10.3 Å². The van der Waals surface area contributed by atoms with Crippen LogP contribution in [0.4, 0.5) is 13.2 Å². The topological polar surface area (TPSA) is 24.9 Å². The predicted molar refractivity (Wildman–Crippen MR) is 75.8 cm³/mol. The molecule has 0 aliphatic heterocycles. The number of rotatable bonds is 5. The smallest absolute Gasteiger partial charge is 0.306 e. The summed E-state index contributed by atoms with van der Waals surface area (Å²) < 4.78 is 38.6. The summed E-state index contributed by atoms with van der Waals surface area (Å²) in [6.07, 6.45) is -0.142. The van der Waals surface area contributed by atoms with Crippen molar-refractivity contribution in [2.45, 2.75) is 25.6 Å². The van der Waals surface area contributed by atoms with Crippen molar-refractivity contribution in [1.29, 1.82) is 0 Å². The largest absolute Gasteiger partial charge is 0.416 e. The molecule has 0 fully saturated rings. The van der Waals surface area contributed by atoms with Crippen LogP contribution in [0.25, 0.3) is 0 Å². The van der Waals surface area contributed by atoms with Gasteiger partial charge in [0.2, 0.25) is 0 Å². The molecule has 1 unspecified atom stereocenters. The molecule has 5 heteroatoms. The summed E-state index contributed by atoms with van der Waals surface area (Å²) in [5.41, 5.74) is 0.875. The number of aromatic nitrogens is 1. The Kier molecular flexibility index (Phi) is 4.96. The lowest BCUT2D eigenvalue weighted by atomic mass is 9.97. The minimum Gasteiger partial charge on any atom is -0.306 e. The second kappa shape index (κ2) is 6.72. The summed E-state index contributed by atoms with van der Waals surface area (Å²) in [5.74, 6) is 0. The van der Waals surface area contributed by atoms with Crippen molar-refractivity contribution in [2.24, 2.45) is 0 Å². The van der Waals surface area contributed by atoms with Crippen LogP contribution in [0.1, 0.15) is 36.1 Å². The molecule has 1 aromatic heterocycles. The Labute approximate surface area is 122 Å². The molecule has 0 saturated heterocycles. The minimum atomic E-state index is -4.33. The van der Waals surface area contributed by atoms with Crippen LogP contribution in [0.3, 0.4) is 0 Å². The van der Waals surface area contributed by atoms with E-state index in [2.05, 4.69) is 10.3 Å². The summed E-state index contributed by atoms with van der Waals surface area (Å²) >= 11 is 0. The molecular formula is C16H17F3N2. The number of pyridine rings is 1. The van der Waals surface area contributed by atoms with E-state index in [1.807, 2.05) is 19.1 Å². The van der Waals surface area contributed by atoms with E-state index >= 15 is 0 Å². The van der Waals surface area contributed by atoms with Crippen LogP contribution in [0.15, 0.2) is 48.8 Å². The van der Waals surface area contributed by atoms with Gasteiger partial charge in [-0.05, 0) is 48.4 Å². The molecule has 0 aliphatic carbocycles. The zero-order valence-electron chi connectivity index (χ0n) is 11.7. The lowest BCUT2D eigenvalue weighted by Gasteiger charge is -2.20. The Morgan fingerprint density at radius 1 is 1.10 bits per heavy atom. The third-order valence-electron chi connectivity index (χ3n) is 3.19. The Morgan fingerprint density at radius 2 is 1.81 bits per heavy atom. The average Bonchev–Trinajstić information content (AvgIpc) is 2.48. The number of alkyl halides is 3. The summed E-state index contributed by atoms with van der Waals surface area (Å²) in [7, 11) is 0. The van der Waals surface area contributed by atoms with Gasteiger partial charge in [-0.25, -0.2) is 0 Å². The lowest BCUT2D eigenvalue weighted by Crippen LogP contribution is -2.23. The Morgan fingerprint density at radius 3 is 2.43 bits per heavy atom. The highest BCUT2D eigenvalue weighted by Gasteiger charge is 2.31. The molecular weight excluding hydrogens is 277 g/mol. The summed E-state index contributed by atoms with van der Waals surface area (Å²) in [6, 6.07) is 8.81. The van der Waals surface area contributed by atoms with Crippen molar-refractivity contribution < 1.29 is 13.2 Å². The van der Waals surface area contributed by atoms with Gasteiger partial charge in [0.25, 0.3) is 0 Å². The molecule has 0 spiro atoms. The van der Waals surface area contributed by atoms with Gasteiger partial charge in [0.05, 0.1) is 11.6 Å². The van der Waals surface area contributed by atoms with Crippen molar-refractivity contribution in [2.75, 3.05) is 6.54 Å². The fourth-order valence-electron chi connectivity index (χ4n) is 2.17. The predicted octanol–water partition coefficient (Wildman–Crippen LogP) is 4.19. The molecule has 0 bridgehead atoms. The van der Waals surface area contributed by atoms with Gasteiger partial charge in [0.15, 0.2) is 0 Å². The molecule has 0 radical (unpaired) electrons. The first kappa shape index (κ1) is 15.5. The van der Waals surface area contributed by atoms with Crippen molar-refractivity contribution in [3.05, 3.63) is 65.5 Å². The molecule has 1 N–H and O–H groups in total. The maximum Gasteiger partial charge on any atom is 0.416 e.